The van der Waals surface area contributed by atoms with Crippen molar-refractivity contribution in [2.45, 2.75) is 19.3 Å². The highest BCUT2D eigenvalue weighted by Crippen LogP contribution is 2.12. The zero-order valence-electron chi connectivity index (χ0n) is 11.8. The Bertz CT molecular complexity index is 719. The molecule has 0 saturated heterocycles. The average molecular weight is 300 g/mol. The van der Waals surface area contributed by atoms with E-state index >= 15 is 0 Å². The maximum absolute atomic E-state index is 12.0. The molecule has 1 aromatic carbocycles. The number of H-pyrrole nitrogens is 1. The summed E-state index contributed by atoms with van der Waals surface area (Å²) in [6, 6.07) is 10.1. The van der Waals surface area contributed by atoms with Gasteiger partial charge in [0.1, 0.15) is 5.56 Å². The lowest BCUT2D eigenvalue weighted by atomic mass is 10.1. The first-order valence-electron chi connectivity index (χ1n) is 6.86. The molecule has 0 saturated carbocycles. The Kier molecular flexibility index (Phi) is 5.08. The van der Waals surface area contributed by atoms with Gasteiger partial charge in [0.2, 0.25) is 0 Å². The van der Waals surface area contributed by atoms with Crippen molar-refractivity contribution in [1.29, 1.82) is 0 Å². The van der Waals surface area contributed by atoms with Gasteiger partial charge in [0.25, 0.3) is 11.5 Å². The van der Waals surface area contributed by atoms with Crippen molar-refractivity contribution in [2.75, 3.05) is 5.32 Å². The summed E-state index contributed by atoms with van der Waals surface area (Å²) in [4.78, 5) is 36.4. The van der Waals surface area contributed by atoms with Crippen LogP contribution in [0.25, 0.3) is 0 Å². The summed E-state index contributed by atoms with van der Waals surface area (Å²) in [7, 11) is 0. The fourth-order valence-corrected chi connectivity index (χ4v) is 2.00. The fraction of sp³-hybridized carbons (Fsp3) is 0.188. The molecule has 3 N–H and O–H groups in total. The van der Waals surface area contributed by atoms with E-state index in [2.05, 4.69) is 10.3 Å². The molecule has 2 aromatic rings. The number of hydrogen-bond acceptors (Lipinski definition) is 3. The molecular formula is C16H16N2O4. The van der Waals surface area contributed by atoms with Crippen LogP contribution in [0.4, 0.5) is 5.69 Å². The van der Waals surface area contributed by atoms with Gasteiger partial charge in [0.15, 0.2) is 0 Å². The van der Waals surface area contributed by atoms with Crippen LogP contribution in [0.3, 0.4) is 0 Å². The van der Waals surface area contributed by atoms with Crippen molar-refractivity contribution in [2.24, 2.45) is 0 Å². The van der Waals surface area contributed by atoms with Crippen LogP contribution in [0.2, 0.25) is 0 Å². The monoisotopic (exact) mass is 300 g/mol. The number of amides is 1. The number of anilines is 1. The topological polar surface area (TPSA) is 99.3 Å². The van der Waals surface area contributed by atoms with Crippen molar-refractivity contribution < 1.29 is 14.7 Å². The second-order valence-corrected chi connectivity index (χ2v) is 4.81. The Morgan fingerprint density at radius 1 is 1.14 bits per heavy atom. The molecule has 1 heterocycles. The van der Waals surface area contributed by atoms with Gasteiger partial charge in [-0.3, -0.25) is 14.4 Å². The molecule has 0 unspecified atom stereocenters. The van der Waals surface area contributed by atoms with E-state index in [1.54, 1.807) is 18.2 Å². The number of benzene rings is 1. The van der Waals surface area contributed by atoms with E-state index in [0.717, 1.165) is 5.56 Å². The van der Waals surface area contributed by atoms with Crippen molar-refractivity contribution in [3.8, 4) is 0 Å². The van der Waals surface area contributed by atoms with E-state index in [1.807, 2.05) is 12.1 Å². The second-order valence-electron chi connectivity index (χ2n) is 4.81. The quantitative estimate of drug-likeness (QED) is 0.760. The van der Waals surface area contributed by atoms with Crippen molar-refractivity contribution in [1.82, 2.24) is 4.98 Å². The first kappa shape index (κ1) is 15.5. The summed E-state index contributed by atoms with van der Waals surface area (Å²) >= 11 is 0. The maximum Gasteiger partial charge on any atom is 0.303 e. The van der Waals surface area contributed by atoms with Crippen LogP contribution in [0.1, 0.15) is 28.8 Å². The number of carboxylic acids is 1. The van der Waals surface area contributed by atoms with Gasteiger partial charge in [-0.2, -0.15) is 0 Å². The van der Waals surface area contributed by atoms with Gasteiger partial charge in [-0.15, -0.1) is 0 Å². The summed E-state index contributed by atoms with van der Waals surface area (Å²) in [6.45, 7) is 0. The molecule has 1 amide bonds. The number of rotatable bonds is 6. The van der Waals surface area contributed by atoms with Crippen LogP contribution in [-0.2, 0) is 11.2 Å². The third kappa shape index (κ3) is 4.31. The van der Waals surface area contributed by atoms with Crippen LogP contribution in [0, 0.1) is 0 Å². The summed E-state index contributed by atoms with van der Waals surface area (Å²) in [5, 5.41) is 11.2. The average Bonchev–Trinajstić information content (AvgIpc) is 2.49. The smallest absolute Gasteiger partial charge is 0.303 e. The molecule has 0 aliphatic rings. The van der Waals surface area contributed by atoms with E-state index in [1.165, 1.54) is 12.3 Å². The van der Waals surface area contributed by atoms with E-state index < -0.39 is 17.4 Å². The maximum atomic E-state index is 12.0. The number of aliphatic carboxylic acids is 1. The zero-order valence-corrected chi connectivity index (χ0v) is 11.8. The molecule has 6 heteroatoms. The van der Waals surface area contributed by atoms with Gasteiger partial charge in [-0.25, -0.2) is 0 Å². The highest BCUT2D eigenvalue weighted by molar-refractivity contribution is 6.03. The predicted molar refractivity (Wildman–Crippen MR) is 82.0 cm³/mol. The summed E-state index contributed by atoms with van der Waals surface area (Å²) in [6.07, 6.45) is 2.83. The Labute approximate surface area is 126 Å². The Balaban J connectivity index is 1.96. The van der Waals surface area contributed by atoms with Gasteiger partial charge in [-0.1, -0.05) is 12.1 Å². The number of nitrogens with one attached hydrogen (secondary N) is 2. The third-order valence-corrected chi connectivity index (χ3v) is 3.13. The number of carboxylic acid groups (broad SMARTS) is 1. The molecule has 0 spiro atoms. The molecule has 114 valence electrons. The molecule has 22 heavy (non-hydrogen) atoms. The molecule has 0 fully saturated rings. The van der Waals surface area contributed by atoms with Crippen molar-refractivity contribution >= 4 is 17.6 Å². The fourth-order valence-electron chi connectivity index (χ4n) is 2.00. The van der Waals surface area contributed by atoms with Crippen LogP contribution >= 0.6 is 0 Å². The molecule has 0 aliphatic heterocycles. The van der Waals surface area contributed by atoms with E-state index in [9.17, 15) is 14.4 Å². The number of carbonyl (C=O) groups is 2. The van der Waals surface area contributed by atoms with Gasteiger partial charge >= 0.3 is 5.97 Å². The number of hydrogen-bond donors (Lipinski definition) is 3. The largest absolute Gasteiger partial charge is 0.481 e. The van der Waals surface area contributed by atoms with Gasteiger partial charge < -0.3 is 15.4 Å². The Morgan fingerprint density at radius 2 is 1.86 bits per heavy atom. The molecular weight excluding hydrogens is 284 g/mol. The highest BCUT2D eigenvalue weighted by atomic mass is 16.4. The molecule has 2 rings (SSSR count). The number of aromatic amines is 1. The first-order chi connectivity index (χ1) is 10.6. The normalized spacial score (nSPS) is 10.2. The van der Waals surface area contributed by atoms with Crippen LogP contribution in [0.5, 0.6) is 0 Å². The molecule has 0 bridgehead atoms. The molecule has 0 aliphatic carbocycles. The third-order valence-electron chi connectivity index (χ3n) is 3.13. The molecule has 1 aromatic heterocycles. The van der Waals surface area contributed by atoms with Crippen LogP contribution < -0.4 is 10.9 Å². The lowest BCUT2D eigenvalue weighted by Gasteiger charge is -2.06. The number of aryl methyl sites for hydroxylation is 1. The number of aromatic nitrogens is 1. The summed E-state index contributed by atoms with van der Waals surface area (Å²) < 4.78 is 0. The Hall–Kier alpha value is -2.89. The minimum absolute atomic E-state index is 0.0491. The lowest BCUT2D eigenvalue weighted by Crippen LogP contribution is -2.22. The molecule has 6 nitrogen and oxygen atoms in total. The number of carbonyl (C=O) groups excluding carboxylic acids is 1. The highest BCUT2D eigenvalue weighted by Gasteiger charge is 2.09. The van der Waals surface area contributed by atoms with Gasteiger partial charge in [-0.05, 0) is 42.7 Å². The van der Waals surface area contributed by atoms with E-state index in [0.29, 0.717) is 18.5 Å². The predicted octanol–water partition coefficient (Wildman–Crippen LogP) is 2.03. The summed E-state index contributed by atoms with van der Waals surface area (Å²) in [5.74, 6) is -1.28. The lowest BCUT2D eigenvalue weighted by molar-refractivity contribution is -0.137. The Morgan fingerprint density at radius 3 is 2.50 bits per heavy atom. The zero-order chi connectivity index (χ0) is 15.9. The minimum Gasteiger partial charge on any atom is -0.481 e. The van der Waals surface area contributed by atoms with Crippen LogP contribution in [0.15, 0.2) is 47.4 Å². The number of pyridine rings is 1. The SMILES string of the molecule is O=C(O)CCCc1ccc(NC(=O)c2ccc[nH]c2=O)cc1. The van der Waals surface area contributed by atoms with E-state index in [-0.39, 0.29) is 12.0 Å². The summed E-state index contributed by atoms with van der Waals surface area (Å²) in [5.41, 5.74) is 1.19. The van der Waals surface area contributed by atoms with E-state index in [4.69, 9.17) is 5.11 Å². The standard InChI is InChI=1S/C16H16N2O4/c19-14(20)5-1-3-11-6-8-12(9-7-11)18-16(22)13-4-2-10-17-15(13)21/h2,4,6-10H,1,3,5H2,(H,17,21)(H,18,22)(H,19,20). The van der Waals surface area contributed by atoms with Crippen LogP contribution in [-0.4, -0.2) is 22.0 Å². The minimum atomic E-state index is -0.808. The van der Waals surface area contributed by atoms with Gasteiger partial charge in [0.05, 0.1) is 0 Å². The molecule has 0 radical (unpaired) electrons. The van der Waals surface area contributed by atoms with Crippen molar-refractivity contribution in [3.05, 3.63) is 64.1 Å². The second kappa shape index (κ2) is 7.21. The van der Waals surface area contributed by atoms with Gasteiger partial charge in [0, 0.05) is 18.3 Å². The first-order valence-corrected chi connectivity index (χ1v) is 6.86. The van der Waals surface area contributed by atoms with Crippen molar-refractivity contribution in [3.63, 3.8) is 0 Å². The molecule has 0 atom stereocenters.